The third-order valence-electron chi connectivity index (χ3n) is 9.25. The normalized spacial score (nSPS) is 16.3. The number of hydrogen-bond donors (Lipinski definition) is 0. The lowest BCUT2D eigenvalue weighted by molar-refractivity contribution is -0.132. The van der Waals surface area contributed by atoms with Crippen molar-refractivity contribution in [1.82, 2.24) is 0 Å². The number of ether oxygens (including phenoxy) is 4. The Bertz CT molecular complexity index is 2110. The molecule has 51 heavy (non-hydrogen) atoms. The summed E-state index contributed by atoms with van der Waals surface area (Å²) < 4.78 is 22.7. The molecule has 1 aromatic heterocycles. The first-order valence-electron chi connectivity index (χ1n) is 16.1. The van der Waals surface area contributed by atoms with Crippen LogP contribution in [0.1, 0.15) is 56.2 Å². The fourth-order valence-corrected chi connectivity index (χ4v) is 8.88. The van der Waals surface area contributed by atoms with Gasteiger partial charge in [-0.05, 0) is 21.9 Å². The van der Waals surface area contributed by atoms with Crippen molar-refractivity contribution in [3.05, 3.63) is 81.5 Å². The monoisotopic (exact) mass is 746 g/mol. The Labute approximate surface area is 307 Å². The molecular formula is C38H32Cl2N2O8S. The zero-order chi connectivity index (χ0) is 36.1. The predicted molar refractivity (Wildman–Crippen MR) is 198 cm³/mol. The quantitative estimate of drug-likeness (QED) is 0.0896. The highest BCUT2D eigenvalue weighted by molar-refractivity contribution is 7.17. The number of anilines is 2. The van der Waals surface area contributed by atoms with Gasteiger partial charge in [-0.2, -0.15) is 0 Å². The highest BCUT2D eigenvalue weighted by atomic mass is 35.5. The molecule has 13 heteroatoms. The number of fused-ring (bicyclic) bond motifs is 6. The van der Waals surface area contributed by atoms with Gasteiger partial charge in [0.1, 0.15) is 21.3 Å². The van der Waals surface area contributed by atoms with Crippen molar-refractivity contribution >= 4 is 91.2 Å². The van der Waals surface area contributed by atoms with E-state index in [-0.39, 0.29) is 57.9 Å². The Kier molecular flexibility index (Phi) is 9.30. The van der Waals surface area contributed by atoms with Gasteiger partial charge in [0.2, 0.25) is 0 Å². The van der Waals surface area contributed by atoms with E-state index in [1.54, 1.807) is 21.9 Å². The Morgan fingerprint density at radius 1 is 0.667 bits per heavy atom. The number of thiophene rings is 1. The van der Waals surface area contributed by atoms with Crippen LogP contribution in [0.25, 0.3) is 21.5 Å². The van der Waals surface area contributed by atoms with Crippen LogP contribution in [0.2, 0.25) is 0 Å². The van der Waals surface area contributed by atoms with E-state index in [0.717, 1.165) is 44.0 Å². The second-order valence-corrected chi connectivity index (χ2v) is 13.9. The first-order chi connectivity index (χ1) is 24.6. The first-order valence-corrected chi connectivity index (χ1v) is 18.0. The molecule has 0 unspecified atom stereocenters. The van der Waals surface area contributed by atoms with Gasteiger partial charge in [0.05, 0.1) is 25.6 Å². The maximum Gasteiger partial charge on any atom is 0.308 e. The third-order valence-corrected chi connectivity index (χ3v) is 11.1. The van der Waals surface area contributed by atoms with Crippen LogP contribution in [0.15, 0.2) is 60.7 Å². The van der Waals surface area contributed by atoms with Gasteiger partial charge in [-0.15, -0.1) is 34.5 Å². The fraction of sp³-hybridized carbons (Fsp3) is 0.263. The summed E-state index contributed by atoms with van der Waals surface area (Å²) in [7, 11) is 2.82. The molecule has 0 spiro atoms. The van der Waals surface area contributed by atoms with E-state index in [9.17, 15) is 19.2 Å². The molecule has 0 saturated carbocycles. The van der Waals surface area contributed by atoms with Crippen molar-refractivity contribution in [2.45, 2.75) is 25.7 Å². The molecule has 5 aromatic rings. The minimum absolute atomic E-state index is 0.111. The average molecular weight is 748 g/mol. The molecule has 2 atom stereocenters. The van der Waals surface area contributed by atoms with Crippen LogP contribution in [0.4, 0.5) is 11.4 Å². The van der Waals surface area contributed by atoms with Crippen LogP contribution >= 0.6 is 34.5 Å². The molecular weight excluding hydrogens is 715 g/mol. The van der Waals surface area contributed by atoms with Crippen LogP contribution in [0.3, 0.4) is 0 Å². The number of carbonyl (C=O) groups is 4. The van der Waals surface area contributed by atoms with Crippen LogP contribution in [-0.4, -0.2) is 62.8 Å². The largest absolute Gasteiger partial charge is 0.491 e. The van der Waals surface area contributed by atoms with E-state index in [1.165, 1.54) is 28.1 Å². The number of esters is 2. The Hall–Kier alpha value is -4.84. The summed E-state index contributed by atoms with van der Waals surface area (Å²) in [6, 6.07) is 18.4. The molecule has 10 nitrogen and oxygen atoms in total. The number of rotatable bonds is 8. The van der Waals surface area contributed by atoms with Crippen LogP contribution in [-0.2, 0) is 9.59 Å². The third kappa shape index (κ3) is 5.73. The molecule has 0 N–H and O–H groups in total. The van der Waals surface area contributed by atoms with Crippen molar-refractivity contribution in [2.75, 3.05) is 48.9 Å². The minimum Gasteiger partial charge on any atom is -0.491 e. The van der Waals surface area contributed by atoms with Crippen molar-refractivity contribution in [2.24, 2.45) is 0 Å². The van der Waals surface area contributed by atoms with E-state index in [2.05, 4.69) is 0 Å². The first kappa shape index (κ1) is 34.6. The number of nitrogens with zero attached hydrogens (tertiary/aromatic N) is 2. The number of carbonyl (C=O) groups excluding carboxylic acids is 4. The van der Waals surface area contributed by atoms with Crippen LogP contribution in [0, 0.1) is 0 Å². The Morgan fingerprint density at radius 3 is 1.37 bits per heavy atom. The second-order valence-electron chi connectivity index (χ2n) is 12.3. The van der Waals surface area contributed by atoms with Gasteiger partial charge in [-0.25, -0.2) is 0 Å². The number of methoxy groups -OCH3 is 2. The van der Waals surface area contributed by atoms with Crippen LogP contribution in [0.5, 0.6) is 23.0 Å². The van der Waals surface area contributed by atoms with Gasteiger partial charge in [0.15, 0.2) is 11.5 Å². The number of hydrogen-bond acceptors (Lipinski definition) is 9. The zero-order valence-electron chi connectivity index (χ0n) is 28.1. The number of alkyl halides is 2. The summed E-state index contributed by atoms with van der Waals surface area (Å²) in [4.78, 5) is 56.8. The molecule has 262 valence electrons. The number of halogens is 2. The molecule has 3 heterocycles. The van der Waals surface area contributed by atoms with E-state index < -0.39 is 23.8 Å². The van der Waals surface area contributed by atoms with E-state index >= 15 is 0 Å². The van der Waals surface area contributed by atoms with E-state index in [0.29, 0.717) is 22.9 Å². The number of amides is 2. The van der Waals surface area contributed by atoms with Gasteiger partial charge < -0.3 is 28.7 Å². The lowest BCUT2D eigenvalue weighted by Crippen LogP contribution is -2.30. The molecule has 2 aliphatic heterocycles. The van der Waals surface area contributed by atoms with Crippen molar-refractivity contribution in [3.8, 4) is 23.0 Å². The molecule has 2 aliphatic rings. The average Bonchev–Trinajstić information content (AvgIpc) is 3.82. The fourth-order valence-electron chi connectivity index (χ4n) is 7.24. The van der Waals surface area contributed by atoms with E-state index in [1.807, 2.05) is 48.5 Å². The summed E-state index contributed by atoms with van der Waals surface area (Å²) >= 11 is 13.9. The molecule has 4 aromatic carbocycles. The predicted octanol–water partition coefficient (Wildman–Crippen LogP) is 7.89. The smallest absolute Gasteiger partial charge is 0.308 e. The number of benzene rings is 4. The van der Waals surface area contributed by atoms with Crippen LogP contribution < -0.4 is 28.7 Å². The van der Waals surface area contributed by atoms with Gasteiger partial charge >= 0.3 is 11.9 Å². The highest BCUT2D eigenvalue weighted by Gasteiger charge is 2.41. The Morgan fingerprint density at radius 2 is 1.04 bits per heavy atom. The SMILES string of the molecule is COc1c(C(=O)N2C[C@@H](CCl)c3c2cc(OC(C)=O)c2ccccc32)sc(C(=O)N2C[C@@H](CCl)c3c2cc(OC(C)=O)c2ccccc32)c1OC. The topological polar surface area (TPSA) is 112 Å². The lowest BCUT2D eigenvalue weighted by atomic mass is 9.95. The lowest BCUT2D eigenvalue weighted by Gasteiger charge is -2.19. The molecule has 0 saturated heterocycles. The van der Waals surface area contributed by atoms with Crippen molar-refractivity contribution < 1.29 is 38.1 Å². The van der Waals surface area contributed by atoms with Gasteiger partial charge in [0.25, 0.3) is 11.8 Å². The molecule has 0 aliphatic carbocycles. The molecule has 0 radical (unpaired) electrons. The summed E-state index contributed by atoms with van der Waals surface area (Å²) in [5, 5.41) is 3.09. The maximum absolute atomic E-state index is 14.6. The molecule has 0 bridgehead atoms. The van der Waals surface area contributed by atoms with Crippen molar-refractivity contribution in [1.29, 1.82) is 0 Å². The van der Waals surface area contributed by atoms with Gasteiger partial charge in [-0.3, -0.25) is 19.2 Å². The van der Waals surface area contributed by atoms with Gasteiger partial charge in [-0.1, -0.05) is 48.5 Å². The summed E-state index contributed by atoms with van der Waals surface area (Å²) in [6.45, 7) is 3.14. The highest BCUT2D eigenvalue weighted by Crippen LogP contribution is 2.51. The molecule has 7 rings (SSSR count). The zero-order valence-corrected chi connectivity index (χ0v) is 30.4. The standard InChI is InChI=1S/C38H32Cl2N2O8S/c1-19(43)49-29-13-27-31(25-11-7-5-9-23(25)29)21(15-39)17-41(27)37(45)35-33(47-3)34(48-4)36(51-35)38(46)42-18-22(16-40)32-26-12-8-6-10-24(26)30(14-28(32)42)50-20(2)44/h5-14,21-22H,15-18H2,1-4H3/t21-,22-/m1/s1. The summed E-state index contributed by atoms with van der Waals surface area (Å²) in [5.74, 6) is -0.957. The molecule has 0 fully saturated rings. The summed E-state index contributed by atoms with van der Waals surface area (Å²) in [5.41, 5.74) is 2.82. The van der Waals surface area contributed by atoms with E-state index in [4.69, 9.17) is 42.1 Å². The molecule has 2 amide bonds. The maximum atomic E-state index is 14.6. The Balaban J connectivity index is 1.33. The minimum atomic E-state index is -0.495. The van der Waals surface area contributed by atoms with Gasteiger partial charge in [0, 0.05) is 73.4 Å². The second kappa shape index (κ2) is 13.7. The van der Waals surface area contributed by atoms with Crippen molar-refractivity contribution in [3.63, 3.8) is 0 Å². The summed E-state index contributed by atoms with van der Waals surface area (Å²) in [6.07, 6.45) is 0.